The number of aryl methyl sites for hydroxylation is 1. The summed E-state index contributed by atoms with van der Waals surface area (Å²) in [6.07, 6.45) is 0.906. The zero-order chi connectivity index (χ0) is 15.0. The number of nitrogens with one attached hydrogen (secondary N) is 1. The lowest BCUT2D eigenvalue weighted by molar-refractivity contribution is -0.385. The van der Waals surface area contributed by atoms with Gasteiger partial charge in [0.25, 0.3) is 5.69 Å². The molecule has 120 valence electrons. The van der Waals surface area contributed by atoms with Gasteiger partial charge in [-0.05, 0) is 46.1 Å². The van der Waals surface area contributed by atoms with E-state index in [1.807, 2.05) is 14.1 Å². The van der Waals surface area contributed by atoms with Crippen molar-refractivity contribution in [1.29, 1.82) is 0 Å². The van der Waals surface area contributed by atoms with E-state index >= 15 is 0 Å². The van der Waals surface area contributed by atoms with Gasteiger partial charge in [0.2, 0.25) is 0 Å². The molecule has 0 amide bonds. The Morgan fingerprint density at radius 3 is 2.62 bits per heavy atom. The van der Waals surface area contributed by atoms with Crippen molar-refractivity contribution in [3.05, 3.63) is 33.9 Å². The fourth-order valence-electron chi connectivity index (χ4n) is 1.74. The molecule has 0 unspecified atom stereocenters. The van der Waals surface area contributed by atoms with Gasteiger partial charge in [-0.25, -0.2) is 0 Å². The molecule has 6 nitrogen and oxygen atoms in total. The highest BCUT2D eigenvalue weighted by atomic mass is 35.5. The fourth-order valence-corrected chi connectivity index (χ4v) is 1.74. The van der Waals surface area contributed by atoms with Crippen molar-refractivity contribution < 1.29 is 9.66 Å². The van der Waals surface area contributed by atoms with Gasteiger partial charge in [-0.3, -0.25) is 10.1 Å². The van der Waals surface area contributed by atoms with Crippen LogP contribution < -0.4 is 10.1 Å². The van der Waals surface area contributed by atoms with Crippen LogP contribution in [0.15, 0.2) is 18.2 Å². The highest BCUT2D eigenvalue weighted by Gasteiger charge is 2.10. The van der Waals surface area contributed by atoms with Crippen LogP contribution in [0, 0.1) is 17.0 Å². The van der Waals surface area contributed by atoms with Crippen LogP contribution in [0.25, 0.3) is 0 Å². The van der Waals surface area contributed by atoms with Crippen LogP contribution in [0.5, 0.6) is 5.75 Å². The van der Waals surface area contributed by atoms with Crippen LogP contribution in [0.2, 0.25) is 0 Å². The molecule has 0 aliphatic heterocycles. The summed E-state index contributed by atoms with van der Waals surface area (Å²) in [5.74, 6) is 0.682. The van der Waals surface area contributed by atoms with E-state index in [4.69, 9.17) is 4.74 Å². The molecule has 7 heteroatoms. The molecule has 1 N–H and O–H groups in total. The third kappa shape index (κ3) is 7.84. The fraction of sp³-hybridized carbons (Fsp3) is 0.571. The molecule has 0 fully saturated rings. The number of nitrogens with zero attached hydrogens (tertiary/aromatic N) is 2. The third-order valence-electron chi connectivity index (χ3n) is 2.87. The SMILES string of the molecule is Cc1cc(OCCCNCCN(C)C)ccc1[N+](=O)[O-].Cl. The van der Waals surface area contributed by atoms with E-state index in [1.165, 1.54) is 6.07 Å². The molecule has 0 aromatic heterocycles. The van der Waals surface area contributed by atoms with Crippen LogP contribution in [0.3, 0.4) is 0 Å². The van der Waals surface area contributed by atoms with Crippen molar-refractivity contribution in [2.24, 2.45) is 0 Å². The minimum atomic E-state index is -0.381. The summed E-state index contributed by atoms with van der Waals surface area (Å²) in [4.78, 5) is 12.4. The van der Waals surface area contributed by atoms with Crippen molar-refractivity contribution in [3.63, 3.8) is 0 Å². The van der Waals surface area contributed by atoms with Crippen LogP contribution >= 0.6 is 12.4 Å². The van der Waals surface area contributed by atoms with Gasteiger partial charge in [0, 0.05) is 24.7 Å². The first kappa shape index (κ1) is 19.6. The Morgan fingerprint density at radius 1 is 1.33 bits per heavy atom. The average Bonchev–Trinajstić information content (AvgIpc) is 2.37. The Hall–Kier alpha value is -1.37. The molecule has 1 aromatic rings. The minimum absolute atomic E-state index is 0. The zero-order valence-electron chi connectivity index (χ0n) is 12.8. The molecule has 0 spiro atoms. The Labute approximate surface area is 132 Å². The molecule has 1 aromatic carbocycles. The lowest BCUT2D eigenvalue weighted by atomic mass is 10.2. The molecule has 0 aliphatic rings. The molecule has 0 heterocycles. The molecular weight excluding hydrogens is 294 g/mol. The number of ether oxygens (including phenoxy) is 1. The number of nitro benzene ring substituents is 1. The summed E-state index contributed by atoms with van der Waals surface area (Å²) in [5.41, 5.74) is 0.749. The predicted molar refractivity (Wildman–Crippen MR) is 86.6 cm³/mol. The van der Waals surface area contributed by atoms with E-state index < -0.39 is 0 Å². The first-order valence-electron chi connectivity index (χ1n) is 6.74. The maximum atomic E-state index is 10.7. The first-order valence-corrected chi connectivity index (χ1v) is 6.74. The number of benzene rings is 1. The summed E-state index contributed by atoms with van der Waals surface area (Å²) >= 11 is 0. The normalized spacial score (nSPS) is 10.3. The van der Waals surface area contributed by atoms with Gasteiger partial charge < -0.3 is 15.0 Å². The Bertz CT molecular complexity index is 441. The smallest absolute Gasteiger partial charge is 0.272 e. The maximum Gasteiger partial charge on any atom is 0.272 e. The highest BCUT2D eigenvalue weighted by Crippen LogP contribution is 2.22. The van der Waals surface area contributed by atoms with Gasteiger partial charge in [0.1, 0.15) is 5.75 Å². The van der Waals surface area contributed by atoms with Crippen LogP contribution in [-0.4, -0.2) is 50.2 Å². The van der Waals surface area contributed by atoms with E-state index in [0.29, 0.717) is 17.9 Å². The van der Waals surface area contributed by atoms with Crippen molar-refractivity contribution in [1.82, 2.24) is 10.2 Å². The molecule has 0 atom stereocenters. The van der Waals surface area contributed by atoms with Crippen LogP contribution in [-0.2, 0) is 0 Å². The highest BCUT2D eigenvalue weighted by molar-refractivity contribution is 5.85. The van der Waals surface area contributed by atoms with E-state index in [9.17, 15) is 10.1 Å². The Morgan fingerprint density at radius 2 is 2.05 bits per heavy atom. The van der Waals surface area contributed by atoms with Crippen molar-refractivity contribution in [3.8, 4) is 5.75 Å². The van der Waals surface area contributed by atoms with Crippen LogP contribution in [0.1, 0.15) is 12.0 Å². The zero-order valence-corrected chi connectivity index (χ0v) is 13.6. The second kappa shape index (κ2) is 10.4. The number of hydrogen-bond acceptors (Lipinski definition) is 5. The average molecular weight is 318 g/mol. The molecule has 0 saturated heterocycles. The summed E-state index contributed by atoms with van der Waals surface area (Å²) in [6, 6.07) is 4.84. The Kier molecular flexibility index (Phi) is 9.69. The second-order valence-electron chi connectivity index (χ2n) is 4.96. The monoisotopic (exact) mass is 317 g/mol. The molecule has 0 bridgehead atoms. The molecule has 21 heavy (non-hydrogen) atoms. The van der Waals surface area contributed by atoms with E-state index in [-0.39, 0.29) is 23.0 Å². The lowest BCUT2D eigenvalue weighted by Gasteiger charge is -2.10. The number of hydrogen-bond donors (Lipinski definition) is 1. The van der Waals surface area contributed by atoms with Crippen LogP contribution in [0.4, 0.5) is 5.69 Å². The molecule has 0 saturated carbocycles. The standard InChI is InChI=1S/C14H23N3O3.ClH/c1-12-11-13(5-6-14(12)17(18)19)20-10-4-7-15-8-9-16(2)3;/h5-6,11,15H,4,7-10H2,1-3H3;1H. The number of likely N-dealkylation sites (N-methyl/N-ethyl adjacent to an activating group) is 1. The van der Waals surface area contributed by atoms with Crippen molar-refractivity contribution >= 4 is 18.1 Å². The molecule has 0 radical (unpaired) electrons. The maximum absolute atomic E-state index is 10.7. The topological polar surface area (TPSA) is 67.6 Å². The quantitative estimate of drug-likeness (QED) is 0.430. The summed E-state index contributed by atoms with van der Waals surface area (Å²) in [7, 11) is 4.09. The number of halogens is 1. The van der Waals surface area contributed by atoms with Gasteiger partial charge in [0.05, 0.1) is 11.5 Å². The molecular formula is C14H24ClN3O3. The van der Waals surface area contributed by atoms with E-state index in [2.05, 4.69) is 10.2 Å². The lowest BCUT2D eigenvalue weighted by Crippen LogP contribution is -2.27. The van der Waals surface area contributed by atoms with Gasteiger partial charge >= 0.3 is 0 Å². The number of rotatable bonds is 9. The van der Waals surface area contributed by atoms with Crippen molar-refractivity contribution in [2.45, 2.75) is 13.3 Å². The van der Waals surface area contributed by atoms with Gasteiger partial charge in [-0.2, -0.15) is 0 Å². The third-order valence-corrected chi connectivity index (χ3v) is 2.87. The Balaban J connectivity index is 0.00000400. The first-order chi connectivity index (χ1) is 9.50. The number of nitro groups is 1. The van der Waals surface area contributed by atoms with E-state index in [1.54, 1.807) is 19.1 Å². The predicted octanol–water partition coefficient (Wildman–Crippen LogP) is 2.25. The summed E-state index contributed by atoms with van der Waals surface area (Å²) < 4.78 is 5.58. The minimum Gasteiger partial charge on any atom is -0.494 e. The summed E-state index contributed by atoms with van der Waals surface area (Å²) in [5, 5.41) is 14.0. The summed E-state index contributed by atoms with van der Waals surface area (Å²) in [6.45, 7) is 5.20. The molecule has 1 rings (SSSR count). The van der Waals surface area contributed by atoms with Gasteiger partial charge in [-0.15, -0.1) is 12.4 Å². The van der Waals surface area contributed by atoms with E-state index in [0.717, 1.165) is 26.1 Å². The second-order valence-corrected chi connectivity index (χ2v) is 4.96. The van der Waals surface area contributed by atoms with Gasteiger partial charge in [0.15, 0.2) is 0 Å². The van der Waals surface area contributed by atoms with Gasteiger partial charge in [-0.1, -0.05) is 0 Å². The molecule has 0 aliphatic carbocycles. The largest absolute Gasteiger partial charge is 0.494 e. The van der Waals surface area contributed by atoms with Crippen molar-refractivity contribution in [2.75, 3.05) is 40.3 Å².